The average Bonchev–Trinajstić information content (AvgIpc) is 3.75. The van der Waals surface area contributed by atoms with E-state index in [0.29, 0.717) is 34.9 Å². The zero-order chi connectivity index (χ0) is 30.1. The molecule has 0 spiro atoms. The SMILES string of the molecule is NC(=O)c1ccc(O)c(C=O)c1.Nc1ncccc1-c1nc2ccc(-n3cc(F)cn3)nc2n1-c1ccc2c(c1)CCC2. The van der Waals surface area contributed by atoms with Gasteiger partial charge in [0.1, 0.15) is 17.1 Å². The van der Waals surface area contributed by atoms with Crippen molar-refractivity contribution in [3.8, 4) is 28.6 Å². The number of nitrogen functional groups attached to an aromatic ring is 1. The van der Waals surface area contributed by atoms with Gasteiger partial charge in [0, 0.05) is 17.4 Å². The van der Waals surface area contributed by atoms with Crippen molar-refractivity contribution in [3.63, 3.8) is 0 Å². The number of pyridine rings is 2. The lowest BCUT2D eigenvalue weighted by atomic mass is 10.1. The van der Waals surface area contributed by atoms with Crippen molar-refractivity contribution in [1.29, 1.82) is 0 Å². The van der Waals surface area contributed by atoms with Crippen LogP contribution in [0.2, 0.25) is 0 Å². The number of imidazole rings is 1. The van der Waals surface area contributed by atoms with E-state index in [-0.39, 0.29) is 16.9 Å². The molecular formula is C31H25FN8O3. The molecule has 4 aromatic heterocycles. The number of aromatic nitrogens is 6. The smallest absolute Gasteiger partial charge is 0.248 e. The first-order chi connectivity index (χ1) is 20.8. The van der Waals surface area contributed by atoms with E-state index in [1.54, 1.807) is 12.3 Å². The Morgan fingerprint density at radius 2 is 1.86 bits per heavy atom. The van der Waals surface area contributed by atoms with Gasteiger partial charge in [-0.15, -0.1) is 0 Å². The number of rotatable bonds is 5. The number of hydrogen-bond donors (Lipinski definition) is 3. The van der Waals surface area contributed by atoms with Crippen LogP contribution in [0.25, 0.3) is 34.1 Å². The van der Waals surface area contributed by atoms with E-state index in [1.165, 1.54) is 46.6 Å². The van der Waals surface area contributed by atoms with E-state index in [4.69, 9.17) is 26.5 Å². The molecule has 1 aliphatic carbocycles. The Balaban J connectivity index is 0.000000232. The Hall–Kier alpha value is -5.91. The van der Waals surface area contributed by atoms with E-state index in [1.807, 2.05) is 22.8 Å². The Labute approximate surface area is 244 Å². The summed E-state index contributed by atoms with van der Waals surface area (Å²) in [5.41, 5.74) is 17.2. The summed E-state index contributed by atoms with van der Waals surface area (Å²) in [6, 6.07) is 17.7. The van der Waals surface area contributed by atoms with Crippen molar-refractivity contribution in [2.24, 2.45) is 5.73 Å². The van der Waals surface area contributed by atoms with Crippen LogP contribution in [0.3, 0.4) is 0 Å². The number of phenols is 1. The zero-order valence-corrected chi connectivity index (χ0v) is 22.7. The molecular weight excluding hydrogens is 551 g/mol. The zero-order valence-electron chi connectivity index (χ0n) is 22.7. The van der Waals surface area contributed by atoms with E-state index < -0.39 is 11.7 Å². The lowest BCUT2D eigenvalue weighted by Crippen LogP contribution is -2.10. The standard InChI is InChI=1S/C23H18FN7.C8H7NO3/c24-16-12-27-30(13-16)20-9-8-19-23(29-20)31(17-7-6-14-3-1-4-15(14)11-17)22(28-19)18-5-2-10-26-21(18)25;9-8(12)5-1-2-7(11)6(3-5)4-10/h2,5-13H,1,3-4H2,(H2,25,26);1-4,11H,(H2,9,12). The fourth-order valence-electron chi connectivity index (χ4n) is 5.03. The first kappa shape index (κ1) is 27.3. The maximum absolute atomic E-state index is 13.5. The van der Waals surface area contributed by atoms with Gasteiger partial charge >= 0.3 is 0 Å². The summed E-state index contributed by atoms with van der Waals surface area (Å²) in [5.74, 6) is 0.361. The molecule has 0 aliphatic heterocycles. The van der Waals surface area contributed by atoms with Gasteiger partial charge in [0.15, 0.2) is 29.4 Å². The number of halogens is 1. The van der Waals surface area contributed by atoms with Gasteiger partial charge < -0.3 is 16.6 Å². The molecule has 0 saturated carbocycles. The topological polar surface area (TPSA) is 168 Å². The summed E-state index contributed by atoms with van der Waals surface area (Å²) in [6.45, 7) is 0. The number of carbonyl (C=O) groups excluding carboxylic acids is 2. The number of amides is 1. The van der Waals surface area contributed by atoms with Crippen molar-refractivity contribution in [1.82, 2.24) is 29.3 Å². The van der Waals surface area contributed by atoms with Crippen molar-refractivity contribution >= 4 is 29.2 Å². The number of aldehydes is 1. The summed E-state index contributed by atoms with van der Waals surface area (Å²) in [5, 5.41) is 13.1. The minimum absolute atomic E-state index is 0.0614. The molecule has 7 rings (SSSR count). The van der Waals surface area contributed by atoms with E-state index in [9.17, 15) is 14.0 Å². The molecule has 214 valence electrons. The fourth-order valence-corrected chi connectivity index (χ4v) is 5.03. The lowest BCUT2D eigenvalue weighted by Gasteiger charge is -2.12. The van der Waals surface area contributed by atoms with Crippen molar-refractivity contribution in [3.05, 3.63) is 107 Å². The number of aryl methyl sites for hydroxylation is 2. The van der Waals surface area contributed by atoms with Crippen molar-refractivity contribution in [2.75, 3.05) is 5.73 Å². The summed E-state index contributed by atoms with van der Waals surface area (Å²) < 4.78 is 16.9. The van der Waals surface area contributed by atoms with Crippen LogP contribution in [-0.4, -0.2) is 46.6 Å². The number of nitrogens with zero attached hydrogens (tertiary/aromatic N) is 6. The predicted octanol–water partition coefficient (Wildman–Crippen LogP) is 4.18. The maximum atomic E-state index is 13.5. The molecule has 0 saturated heterocycles. The van der Waals surface area contributed by atoms with Crippen molar-refractivity contribution < 1.29 is 19.1 Å². The molecule has 0 radical (unpaired) electrons. The number of hydrogen-bond acceptors (Lipinski definition) is 8. The van der Waals surface area contributed by atoms with E-state index >= 15 is 0 Å². The van der Waals surface area contributed by atoms with E-state index in [0.717, 1.165) is 30.3 Å². The highest BCUT2D eigenvalue weighted by Crippen LogP contribution is 2.33. The van der Waals surface area contributed by atoms with Crippen LogP contribution < -0.4 is 11.5 Å². The summed E-state index contributed by atoms with van der Waals surface area (Å²) in [4.78, 5) is 34.7. The molecule has 0 fully saturated rings. The third-order valence-corrected chi connectivity index (χ3v) is 7.13. The number of carbonyl (C=O) groups is 2. The Bertz CT molecular complexity index is 2020. The maximum Gasteiger partial charge on any atom is 0.248 e. The molecule has 0 unspecified atom stereocenters. The van der Waals surface area contributed by atoms with Gasteiger partial charge in [-0.1, -0.05) is 6.07 Å². The highest BCUT2D eigenvalue weighted by atomic mass is 19.1. The second-order valence-electron chi connectivity index (χ2n) is 9.88. The van der Waals surface area contributed by atoms with Crippen LogP contribution in [0.4, 0.5) is 10.2 Å². The molecule has 2 aromatic carbocycles. The average molecular weight is 577 g/mol. The monoisotopic (exact) mass is 576 g/mol. The van der Waals surface area contributed by atoms with E-state index in [2.05, 4.69) is 28.3 Å². The number of aromatic hydroxyl groups is 1. The first-order valence-electron chi connectivity index (χ1n) is 13.3. The molecule has 4 heterocycles. The number of benzene rings is 2. The van der Waals surface area contributed by atoms with Crippen LogP contribution in [-0.2, 0) is 12.8 Å². The molecule has 12 heteroatoms. The highest BCUT2D eigenvalue weighted by Gasteiger charge is 2.20. The van der Waals surface area contributed by atoms with Crippen LogP contribution in [0, 0.1) is 5.82 Å². The van der Waals surface area contributed by atoms with Gasteiger partial charge in [0.05, 0.1) is 23.5 Å². The van der Waals surface area contributed by atoms with Crippen LogP contribution in [0.1, 0.15) is 38.3 Å². The number of fused-ring (bicyclic) bond motifs is 2. The molecule has 5 N–H and O–H groups in total. The molecule has 0 atom stereocenters. The van der Waals surface area contributed by atoms with Gasteiger partial charge in [-0.25, -0.2) is 24.0 Å². The van der Waals surface area contributed by atoms with Crippen LogP contribution in [0.5, 0.6) is 5.75 Å². The number of anilines is 1. The molecule has 11 nitrogen and oxygen atoms in total. The highest BCUT2D eigenvalue weighted by molar-refractivity contribution is 5.95. The summed E-state index contributed by atoms with van der Waals surface area (Å²) >= 11 is 0. The molecule has 6 aromatic rings. The van der Waals surface area contributed by atoms with Gasteiger partial charge in [0.25, 0.3) is 0 Å². The van der Waals surface area contributed by atoms with Crippen LogP contribution >= 0.6 is 0 Å². The molecule has 1 amide bonds. The minimum Gasteiger partial charge on any atom is -0.507 e. The summed E-state index contributed by atoms with van der Waals surface area (Å²) in [6.07, 6.45) is 7.90. The van der Waals surface area contributed by atoms with Crippen LogP contribution in [0.15, 0.2) is 79.3 Å². The predicted molar refractivity (Wildman–Crippen MR) is 158 cm³/mol. The normalized spacial score (nSPS) is 12.0. The van der Waals surface area contributed by atoms with Gasteiger partial charge in [-0.2, -0.15) is 5.10 Å². The second-order valence-corrected chi connectivity index (χ2v) is 9.88. The van der Waals surface area contributed by atoms with Crippen molar-refractivity contribution in [2.45, 2.75) is 19.3 Å². The Kier molecular flexibility index (Phi) is 7.08. The first-order valence-corrected chi connectivity index (χ1v) is 13.3. The molecule has 43 heavy (non-hydrogen) atoms. The quantitative estimate of drug-likeness (QED) is 0.257. The lowest BCUT2D eigenvalue weighted by molar-refractivity contribution is 0.1000. The van der Waals surface area contributed by atoms with Gasteiger partial charge in [-0.05, 0) is 85.0 Å². The third-order valence-electron chi connectivity index (χ3n) is 7.13. The Morgan fingerprint density at radius 3 is 2.60 bits per heavy atom. The van der Waals surface area contributed by atoms with Gasteiger partial charge in [0.2, 0.25) is 5.91 Å². The van der Waals surface area contributed by atoms with Gasteiger partial charge in [-0.3, -0.25) is 14.2 Å². The number of primary amides is 1. The largest absolute Gasteiger partial charge is 0.507 e. The third kappa shape index (κ3) is 5.28. The summed E-state index contributed by atoms with van der Waals surface area (Å²) in [7, 11) is 0. The number of nitrogens with two attached hydrogens (primary N) is 2. The second kappa shape index (κ2) is 11.2. The number of phenolic OH excluding ortho intramolecular Hbond substituents is 1. The molecule has 1 aliphatic rings. The fraction of sp³-hybridized carbons (Fsp3) is 0.0968. The Morgan fingerprint density at radius 1 is 1.02 bits per heavy atom. The molecule has 0 bridgehead atoms. The minimum atomic E-state index is -0.627.